The van der Waals surface area contributed by atoms with E-state index in [2.05, 4.69) is 17.2 Å². The number of para-hydroxylation sites is 1. The van der Waals surface area contributed by atoms with Crippen LogP contribution in [0.5, 0.6) is 0 Å². The molecule has 0 saturated heterocycles. The molecule has 2 aromatic heterocycles. The molecule has 9 heteroatoms. The highest BCUT2D eigenvalue weighted by Gasteiger charge is 2.21. The van der Waals surface area contributed by atoms with Crippen LogP contribution >= 0.6 is 0 Å². The zero-order chi connectivity index (χ0) is 23.5. The largest absolute Gasteiger partial charge is 0.444 e. The van der Waals surface area contributed by atoms with Gasteiger partial charge in [-0.2, -0.15) is 0 Å². The Bertz CT molecular complexity index is 1150. The number of nitrogens with zero attached hydrogens (tertiary/aromatic N) is 4. The number of nitro benzene ring substituents is 1. The molecular weight excluding hydrogens is 410 g/mol. The van der Waals surface area contributed by atoms with Gasteiger partial charge in [0.1, 0.15) is 16.9 Å². The van der Waals surface area contributed by atoms with E-state index in [-0.39, 0.29) is 17.2 Å². The van der Waals surface area contributed by atoms with E-state index in [4.69, 9.17) is 9.72 Å². The van der Waals surface area contributed by atoms with E-state index in [1.54, 1.807) is 52.0 Å². The van der Waals surface area contributed by atoms with Crippen LogP contribution in [-0.4, -0.2) is 31.2 Å². The second-order valence-corrected chi connectivity index (χ2v) is 8.69. The van der Waals surface area contributed by atoms with Crippen molar-refractivity contribution >= 4 is 28.6 Å². The number of benzene rings is 1. The normalized spacial score (nSPS) is 11.5. The van der Waals surface area contributed by atoms with Gasteiger partial charge in [-0.25, -0.2) is 14.8 Å². The summed E-state index contributed by atoms with van der Waals surface area (Å²) in [6.07, 6.45) is 2.09. The first kappa shape index (κ1) is 23.2. The van der Waals surface area contributed by atoms with Crippen LogP contribution in [0.25, 0.3) is 11.2 Å². The van der Waals surface area contributed by atoms with Gasteiger partial charge in [0, 0.05) is 18.1 Å². The third-order valence-electron chi connectivity index (χ3n) is 4.90. The van der Waals surface area contributed by atoms with Crippen molar-refractivity contribution in [3.05, 3.63) is 57.5 Å². The zero-order valence-electron chi connectivity index (χ0n) is 19.1. The average molecular weight is 440 g/mol. The first-order valence-corrected chi connectivity index (χ1v) is 10.7. The van der Waals surface area contributed by atoms with Crippen LogP contribution in [-0.2, 0) is 17.7 Å². The number of carbonyl (C=O) groups is 1. The van der Waals surface area contributed by atoms with Crippen LogP contribution in [0.2, 0.25) is 0 Å². The number of ether oxygens (including phenoxy) is 1. The molecule has 0 unspecified atom stereocenters. The molecule has 0 aliphatic carbocycles. The molecule has 9 nitrogen and oxygen atoms in total. The summed E-state index contributed by atoms with van der Waals surface area (Å²) in [6, 6.07) is 8.46. The maximum atomic E-state index is 12.2. The summed E-state index contributed by atoms with van der Waals surface area (Å²) in [6.45, 7) is 9.57. The molecule has 0 saturated carbocycles. The minimum Gasteiger partial charge on any atom is -0.444 e. The molecule has 0 atom stereocenters. The molecule has 0 spiro atoms. The highest BCUT2D eigenvalue weighted by molar-refractivity contribution is 5.88. The number of amides is 1. The fourth-order valence-corrected chi connectivity index (χ4v) is 3.41. The number of rotatable bonds is 7. The smallest absolute Gasteiger partial charge is 0.412 e. The van der Waals surface area contributed by atoms with Gasteiger partial charge in [0.05, 0.1) is 22.8 Å². The number of carbonyl (C=O) groups excluding carboxylic acids is 1. The molecule has 3 rings (SSSR count). The van der Waals surface area contributed by atoms with Gasteiger partial charge in [-0.3, -0.25) is 15.4 Å². The van der Waals surface area contributed by atoms with Crippen molar-refractivity contribution in [1.82, 2.24) is 14.5 Å². The van der Waals surface area contributed by atoms with Gasteiger partial charge in [0.15, 0.2) is 5.65 Å². The predicted molar refractivity (Wildman–Crippen MR) is 123 cm³/mol. The lowest BCUT2D eigenvalue weighted by Gasteiger charge is -2.20. The molecule has 1 amide bonds. The van der Waals surface area contributed by atoms with Crippen LogP contribution in [0.3, 0.4) is 0 Å². The van der Waals surface area contributed by atoms with Crippen molar-refractivity contribution in [3.8, 4) is 0 Å². The molecule has 1 aromatic carbocycles. The van der Waals surface area contributed by atoms with Gasteiger partial charge in [-0.1, -0.05) is 31.5 Å². The highest BCUT2D eigenvalue weighted by Crippen LogP contribution is 2.26. The summed E-state index contributed by atoms with van der Waals surface area (Å²) in [5.74, 6) is 0.807. The van der Waals surface area contributed by atoms with E-state index in [1.807, 2.05) is 4.57 Å². The van der Waals surface area contributed by atoms with E-state index >= 15 is 0 Å². The Kier molecular flexibility index (Phi) is 6.76. The van der Waals surface area contributed by atoms with Gasteiger partial charge in [-0.05, 0) is 40.2 Å². The zero-order valence-corrected chi connectivity index (χ0v) is 19.1. The van der Waals surface area contributed by atoms with Crippen molar-refractivity contribution in [2.75, 3.05) is 5.32 Å². The van der Waals surface area contributed by atoms with Crippen molar-refractivity contribution in [2.45, 2.75) is 66.0 Å². The number of aromatic nitrogens is 3. The molecule has 170 valence electrons. The first-order chi connectivity index (χ1) is 15.1. The van der Waals surface area contributed by atoms with E-state index in [0.29, 0.717) is 28.1 Å². The number of aryl methyl sites for hydroxylation is 2. The topological polar surface area (TPSA) is 112 Å². The highest BCUT2D eigenvalue weighted by atomic mass is 16.6. The van der Waals surface area contributed by atoms with E-state index in [9.17, 15) is 14.9 Å². The molecule has 0 fully saturated rings. The predicted octanol–water partition coefficient (Wildman–Crippen LogP) is 5.39. The second kappa shape index (κ2) is 9.33. The van der Waals surface area contributed by atoms with Crippen molar-refractivity contribution in [3.63, 3.8) is 0 Å². The Hall–Kier alpha value is -3.49. The van der Waals surface area contributed by atoms with Crippen molar-refractivity contribution in [2.24, 2.45) is 0 Å². The van der Waals surface area contributed by atoms with Crippen LogP contribution in [0.4, 0.5) is 16.2 Å². The van der Waals surface area contributed by atoms with Crippen molar-refractivity contribution < 1.29 is 14.5 Å². The van der Waals surface area contributed by atoms with E-state index < -0.39 is 11.7 Å². The van der Waals surface area contributed by atoms with Crippen LogP contribution in [0.1, 0.15) is 57.6 Å². The lowest BCUT2D eigenvalue weighted by atomic mass is 10.1. The number of hydrogen-bond acceptors (Lipinski definition) is 6. The fraction of sp³-hybridized carbons (Fsp3) is 0.435. The average Bonchev–Trinajstić information content (AvgIpc) is 3.01. The third kappa shape index (κ3) is 5.40. The van der Waals surface area contributed by atoms with Gasteiger partial charge in [0.2, 0.25) is 0 Å². The SMILES string of the molecule is CCCCc1nc2cc(NC(=O)OC(C)(C)C)c(C)nc2n1Cc1ccccc1[N+](=O)[O-]. The number of fused-ring (bicyclic) bond motifs is 1. The first-order valence-electron chi connectivity index (χ1n) is 10.7. The summed E-state index contributed by atoms with van der Waals surface area (Å²) in [7, 11) is 0. The minimum absolute atomic E-state index is 0.0655. The lowest BCUT2D eigenvalue weighted by molar-refractivity contribution is -0.385. The number of imidazole rings is 1. The molecule has 3 aromatic rings. The molecule has 32 heavy (non-hydrogen) atoms. The van der Waals surface area contributed by atoms with Crippen molar-refractivity contribution in [1.29, 1.82) is 0 Å². The standard InChI is InChI=1S/C23H29N5O4/c1-6-7-12-20-25-18-13-17(26-22(29)32-23(3,4)5)15(2)24-21(18)27(20)14-16-10-8-9-11-19(16)28(30)31/h8-11,13H,6-7,12,14H2,1-5H3,(H,26,29). The number of nitrogens with one attached hydrogen (secondary N) is 1. The Morgan fingerprint density at radius 1 is 1.25 bits per heavy atom. The number of unbranched alkanes of at least 4 members (excludes halogenated alkanes) is 1. The fourth-order valence-electron chi connectivity index (χ4n) is 3.41. The maximum absolute atomic E-state index is 12.2. The Labute approximate surface area is 187 Å². The number of anilines is 1. The number of pyridine rings is 1. The molecular formula is C23H29N5O4. The molecule has 1 N–H and O–H groups in total. The van der Waals surface area contributed by atoms with Crippen LogP contribution in [0.15, 0.2) is 30.3 Å². The van der Waals surface area contributed by atoms with E-state index in [1.165, 1.54) is 6.07 Å². The second-order valence-electron chi connectivity index (χ2n) is 8.69. The van der Waals surface area contributed by atoms with Gasteiger partial charge >= 0.3 is 6.09 Å². The third-order valence-corrected chi connectivity index (χ3v) is 4.90. The molecule has 2 heterocycles. The summed E-state index contributed by atoms with van der Waals surface area (Å²) < 4.78 is 7.27. The van der Waals surface area contributed by atoms with Gasteiger partial charge in [-0.15, -0.1) is 0 Å². The molecule has 0 aliphatic heterocycles. The Morgan fingerprint density at radius 2 is 1.97 bits per heavy atom. The van der Waals surface area contributed by atoms with Gasteiger partial charge in [0.25, 0.3) is 5.69 Å². The van der Waals surface area contributed by atoms with E-state index in [0.717, 1.165) is 25.1 Å². The van der Waals surface area contributed by atoms with Crippen LogP contribution < -0.4 is 5.32 Å². The summed E-state index contributed by atoms with van der Waals surface area (Å²) in [5.41, 5.74) is 2.40. The number of nitro groups is 1. The quantitative estimate of drug-likeness (QED) is 0.390. The monoisotopic (exact) mass is 439 g/mol. The van der Waals surface area contributed by atoms with Gasteiger partial charge < -0.3 is 9.30 Å². The number of hydrogen-bond donors (Lipinski definition) is 1. The Morgan fingerprint density at radius 3 is 2.62 bits per heavy atom. The maximum Gasteiger partial charge on any atom is 0.412 e. The lowest BCUT2D eigenvalue weighted by Crippen LogP contribution is -2.27. The summed E-state index contributed by atoms with van der Waals surface area (Å²) in [4.78, 5) is 32.8. The molecule has 0 bridgehead atoms. The summed E-state index contributed by atoms with van der Waals surface area (Å²) >= 11 is 0. The Balaban J connectivity index is 2.03. The minimum atomic E-state index is -0.616. The molecule has 0 radical (unpaired) electrons. The summed E-state index contributed by atoms with van der Waals surface area (Å²) in [5, 5.41) is 14.2. The molecule has 0 aliphatic rings. The van der Waals surface area contributed by atoms with Crippen LogP contribution in [0, 0.1) is 17.0 Å².